The van der Waals surface area contributed by atoms with E-state index in [0.717, 1.165) is 10.0 Å². The number of carbonyl (C=O) groups excluding carboxylic acids is 1. The zero-order valence-corrected chi connectivity index (χ0v) is 12.2. The lowest BCUT2D eigenvalue weighted by Crippen LogP contribution is -2.11. The molecule has 1 saturated heterocycles. The van der Waals surface area contributed by atoms with Crippen LogP contribution in [0.25, 0.3) is 0 Å². The molecule has 1 aliphatic rings. The van der Waals surface area contributed by atoms with Crippen LogP contribution in [-0.2, 0) is 0 Å². The van der Waals surface area contributed by atoms with E-state index in [0.29, 0.717) is 0 Å². The molecule has 1 fully saturated rings. The highest BCUT2D eigenvalue weighted by Gasteiger charge is 2.50. The second kappa shape index (κ2) is 4.91. The molecule has 96 valence electrons. The summed E-state index contributed by atoms with van der Waals surface area (Å²) in [6, 6.07) is 17.9. The molecule has 1 aliphatic heterocycles. The Balaban J connectivity index is 1.81. The summed E-state index contributed by atoms with van der Waals surface area (Å²) in [6.45, 7) is 0. The van der Waals surface area contributed by atoms with Gasteiger partial charge in [0.05, 0.1) is 12.1 Å². The number of rotatable bonds is 3. The van der Waals surface area contributed by atoms with Crippen LogP contribution >= 0.6 is 15.9 Å². The smallest absolute Gasteiger partial charge is 0.181 e. The van der Waals surface area contributed by atoms with Crippen LogP contribution in [0.1, 0.15) is 22.0 Å². The van der Waals surface area contributed by atoms with Crippen LogP contribution in [0.15, 0.2) is 59.1 Å². The molecule has 0 N–H and O–H groups in total. The van der Waals surface area contributed by atoms with Gasteiger partial charge in [0.15, 0.2) is 5.78 Å². The average Bonchev–Trinajstić information content (AvgIpc) is 3.11. The Bertz CT molecular complexity index is 594. The van der Waals surface area contributed by atoms with E-state index in [9.17, 15) is 4.79 Å². The van der Waals surface area contributed by atoms with E-state index in [2.05, 4.69) is 33.0 Å². The number of benzene rings is 2. The summed E-state index contributed by atoms with van der Waals surface area (Å²) in [5, 5.41) is 0. The molecule has 0 bridgehead atoms. The van der Waals surface area contributed by atoms with E-state index in [1.807, 2.05) is 49.5 Å². The fraction of sp³-hybridized carbons (Fsp3) is 0.188. The molecule has 3 atom stereocenters. The van der Waals surface area contributed by atoms with Gasteiger partial charge in [-0.05, 0) is 24.7 Å². The van der Waals surface area contributed by atoms with Crippen LogP contribution in [0.5, 0.6) is 0 Å². The van der Waals surface area contributed by atoms with Gasteiger partial charge in [-0.2, -0.15) is 0 Å². The molecule has 2 aromatic carbocycles. The first-order valence-electron chi connectivity index (χ1n) is 6.25. The number of hydrogen-bond donors (Lipinski definition) is 0. The number of hydrogen-bond acceptors (Lipinski definition) is 2. The largest absolute Gasteiger partial charge is 0.292 e. The lowest BCUT2D eigenvalue weighted by molar-refractivity contribution is 0.0977. The Kier molecular flexibility index (Phi) is 3.25. The summed E-state index contributed by atoms with van der Waals surface area (Å²) in [5.74, 6) is 0.205. The van der Waals surface area contributed by atoms with Crippen molar-refractivity contribution in [1.82, 2.24) is 4.90 Å². The molecule has 19 heavy (non-hydrogen) atoms. The summed E-state index contributed by atoms with van der Waals surface area (Å²) in [4.78, 5) is 14.5. The summed E-state index contributed by atoms with van der Waals surface area (Å²) in [5.41, 5.74) is 1.99. The summed E-state index contributed by atoms with van der Waals surface area (Å²) in [6.07, 6.45) is 0. The Hall–Kier alpha value is -1.45. The maximum atomic E-state index is 12.4. The van der Waals surface area contributed by atoms with Crippen LogP contribution in [-0.4, -0.2) is 23.8 Å². The van der Waals surface area contributed by atoms with Crippen molar-refractivity contribution in [3.8, 4) is 0 Å². The molecule has 1 unspecified atom stereocenters. The average molecular weight is 316 g/mol. The highest BCUT2D eigenvalue weighted by atomic mass is 79.9. The normalized spacial score (nSPS) is 25.1. The highest BCUT2D eigenvalue weighted by Crippen LogP contribution is 2.43. The monoisotopic (exact) mass is 315 g/mol. The standard InChI is InChI=1S/C16H14BrNO/c1-18-14(11-7-9-13(17)10-8-11)15(18)16(19)12-5-3-2-4-6-12/h2-10,14-15H,1H3/t14-,15-,18?/m0/s1. The Morgan fingerprint density at radius 3 is 2.32 bits per heavy atom. The Morgan fingerprint density at radius 2 is 1.68 bits per heavy atom. The second-order valence-electron chi connectivity index (χ2n) is 4.84. The maximum absolute atomic E-state index is 12.4. The van der Waals surface area contributed by atoms with Crippen LogP contribution in [0.2, 0.25) is 0 Å². The van der Waals surface area contributed by atoms with E-state index in [-0.39, 0.29) is 17.9 Å². The lowest BCUT2D eigenvalue weighted by atomic mass is 10.0. The molecule has 3 rings (SSSR count). The molecule has 0 radical (unpaired) electrons. The Labute approximate surface area is 121 Å². The lowest BCUT2D eigenvalue weighted by Gasteiger charge is -1.99. The fourth-order valence-corrected chi connectivity index (χ4v) is 2.78. The first-order valence-corrected chi connectivity index (χ1v) is 7.04. The van der Waals surface area contributed by atoms with Crippen molar-refractivity contribution in [3.63, 3.8) is 0 Å². The van der Waals surface area contributed by atoms with Crippen LogP contribution < -0.4 is 0 Å². The minimum atomic E-state index is -0.0245. The number of likely N-dealkylation sites (N-methyl/N-ethyl adjacent to an activating group) is 1. The van der Waals surface area contributed by atoms with Crippen LogP contribution in [0.3, 0.4) is 0 Å². The third kappa shape index (κ3) is 2.36. The van der Waals surface area contributed by atoms with Gasteiger partial charge in [0.25, 0.3) is 0 Å². The van der Waals surface area contributed by atoms with Gasteiger partial charge in [-0.3, -0.25) is 9.69 Å². The summed E-state index contributed by atoms with van der Waals surface area (Å²) < 4.78 is 1.06. The van der Waals surface area contributed by atoms with Crippen molar-refractivity contribution in [1.29, 1.82) is 0 Å². The van der Waals surface area contributed by atoms with Gasteiger partial charge in [-0.15, -0.1) is 0 Å². The summed E-state index contributed by atoms with van der Waals surface area (Å²) >= 11 is 3.43. The van der Waals surface area contributed by atoms with E-state index in [4.69, 9.17) is 0 Å². The first kappa shape index (κ1) is 12.6. The number of Topliss-reactive ketones (excluding diaryl/α,β-unsaturated/α-hetero) is 1. The molecule has 0 amide bonds. The minimum absolute atomic E-state index is 0.0245. The molecule has 0 aliphatic carbocycles. The SMILES string of the molecule is CN1[C@H](C(=O)c2ccccc2)[C@@H]1c1ccc(Br)cc1. The molecule has 0 saturated carbocycles. The number of nitrogens with zero attached hydrogens (tertiary/aromatic N) is 1. The van der Waals surface area contributed by atoms with Gasteiger partial charge in [0, 0.05) is 10.0 Å². The molecular weight excluding hydrogens is 302 g/mol. The van der Waals surface area contributed by atoms with Crippen molar-refractivity contribution < 1.29 is 4.79 Å². The predicted octanol–water partition coefficient (Wildman–Crippen LogP) is 3.69. The minimum Gasteiger partial charge on any atom is -0.292 e. The van der Waals surface area contributed by atoms with Crippen LogP contribution in [0.4, 0.5) is 0 Å². The third-order valence-corrected chi connectivity index (χ3v) is 4.15. The molecule has 0 aromatic heterocycles. The van der Waals surface area contributed by atoms with E-state index < -0.39 is 0 Å². The number of ketones is 1. The predicted molar refractivity (Wildman–Crippen MR) is 79.2 cm³/mol. The van der Waals surface area contributed by atoms with Crippen molar-refractivity contribution in [2.75, 3.05) is 7.05 Å². The summed E-state index contributed by atoms with van der Waals surface area (Å²) in [7, 11) is 2.00. The Morgan fingerprint density at radius 1 is 1.05 bits per heavy atom. The van der Waals surface area contributed by atoms with Crippen molar-refractivity contribution in [2.45, 2.75) is 12.1 Å². The first-order chi connectivity index (χ1) is 9.18. The van der Waals surface area contributed by atoms with Gasteiger partial charge in [0.2, 0.25) is 0 Å². The van der Waals surface area contributed by atoms with Gasteiger partial charge >= 0.3 is 0 Å². The van der Waals surface area contributed by atoms with E-state index in [1.165, 1.54) is 5.56 Å². The number of halogens is 1. The third-order valence-electron chi connectivity index (χ3n) is 3.63. The van der Waals surface area contributed by atoms with Gasteiger partial charge in [0.1, 0.15) is 0 Å². The van der Waals surface area contributed by atoms with Crippen molar-refractivity contribution in [2.24, 2.45) is 0 Å². The molecule has 1 heterocycles. The topological polar surface area (TPSA) is 20.1 Å². The molecule has 0 spiro atoms. The highest BCUT2D eigenvalue weighted by molar-refractivity contribution is 9.10. The molecular formula is C16H14BrNO. The zero-order valence-electron chi connectivity index (χ0n) is 10.6. The van der Waals surface area contributed by atoms with Gasteiger partial charge in [-0.25, -0.2) is 0 Å². The molecule has 2 nitrogen and oxygen atoms in total. The zero-order chi connectivity index (χ0) is 13.4. The molecule has 3 heteroatoms. The number of carbonyl (C=O) groups is 1. The van der Waals surface area contributed by atoms with Crippen LogP contribution in [0, 0.1) is 0 Å². The van der Waals surface area contributed by atoms with Crippen molar-refractivity contribution >= 4 is 21.7 Å². The van der Waals surface area contributed by atoms with Gasteiger partial charge in [-0.1, -0.05) is 58.4 Å². The second-order valence-corrected chi connectivity index (χ2v) is 5.75. The molecule has 2 aromatic rings. The fourth-order valence-electron chi connectivity index (χ4n) is 2.52. The van der Waals surface area contributed by atoms with Crippen molar-refractivity contribution in [3.05, 3.63) is 70.2 Å². The van der Waals surface area contributed by atoms with Gasteiger partial charge < -0.3 is 0 Å². The maximum Gasteiger partial charge on any atom is 0.181 e. The van der Waals surface area contributed by atoms with E-state index >= 15 is 0 Å². The quantitative estimate of drug-likeness (QED) is 0.636. The van der Waals surface area contributed by atoms with E-state index in [1.54, 1.807) is 0 Å².